The van der Waals surface area contributed by atoms with Crippen molar-refractivity contribution in [3.8, 4) is 11.5 Å². The number of imidazole rings is 1. The number of nitrogens with zero attached hydrogens (tertiary/aromatic N) is 2. The van der Waals surface area contributed by atoms with E-state index in [4.69, 9.17) is 19.6 Å². The van der Waals surface area contributed by atoms with Gasteiger partial charge in [0.1, 0.15) is 11.5 Å². The van der Waals surface area contributed by atoms with E-state index >= 15 is 0 Å². The Balaban J connectivity index is 1.72. The summed E-state index contributed by atoms with van der Waals surface area (Å²) in [6.45, 7) is 9.22. The van der Waals surface area contributed by atoms with Crippen molar-refractivity contribution in [2.45, 2.75) is 53.0 Å². The van der Waals surface area contributed by atoms with Crippen LogP contribution in [-0.2, 0) is 4.79 Å². The number of benzene rings is 2. The lowest BCUT2D eigenvalue weighted by Crippen LogP contribution is -2.29. The lowest BCUT2D eigenvalue weighted by Gasteiger charge is -2.40. The summed E-state index contributed by atoms with van der Waals surface area (Å²) in [6.07, 6.45) is 3.37. The van der Waals surface area contributed by atoms with Gasteiger partial charge in [0.25, 0.3) is 0 Å². The monoisotopic (exact) mass is 451 g/mol. The standard InChI is InChI=1S/C26H33N3O4/c1-5-32-20-8-6-18(7-9-20)27-25-28-22-13-21(33-16-24(30)31)10-11-23(22)29(25)19-12-17(2)14-26(3,4)15-19/h6-11,13,17,19H,5,12,14-16H2,1-4H3,(H,27,28)(H,30,31)/t17-,19?/m0/s1. The third kappa shape index (κ3) is 5.41. The normalized spacial score (nSPS) is 19.9. The van der Waals surface area contributed by atoms with Crippen molar-refractivity contribution in [2.75, 3.05) is 18.5 Å². The first-order valence-electron chi connectivity index (χ1n) is 11.6. The van der Waals surface area contributed by atoms with Gasteiger partial charge in [-0.1, -0.05) is 20.8 Å². The van der Waals surface area contributed by atoms with Crippen LogP contribution in [0.3, 0.4) is 0 Å². The Labute approximate surface area is 194 Å². The van der Waals surface area contributed by atoms with Crippen LogP contribution in [0.1, 0.15) is 53.0 Å². The third-order valence-electron chi connectivity index (χ3n) is 6.17. The molecule has 2 N–H and O–H groups in total. The van der Waals surface area contributed by atoms with Gasteiger partial charge in [0.05, 0.1) is 17.6 Å². The van der Waals surface area contributed by atoms with Crippen molar-refractivity contribution < 1.29 is 19.4 Å². The third-order valence-corrected chi connectivity index (χ3v) is 6.17. The fourth-order valence-corrected chi connectivity index (χ4v) is 5.19. The summed E-state index contributed by atoms with van der Waals surface area (Å²) in [6, 6.07) is 13.8. The van der Waals surface area contributed by atoms with Gasteiger partial charge in [-0.3, -0.25) is 0 Å². The number of aliphatic carboxylic acids is 1. The maximum atomic E-state index is 10.9. The van der Waals surface area contributed by atoms with Crippen LogP contribution in [0.4, 0.5) is 11.6 Å². The first-order valence-corrected chi connectivity index (χ1v) is 11.6. The second-order valence-corrected chi connectivity index (χ2v) is 9.79. The molecule has 2 aromatic carbocycles. The maximum absolute atomic E-state index is 10.9. The van der Waals surface area contributed by atoms with Gasteiger partial charge in [-0.2, -0.15) is 0 Å². The van der Waals surface area contributed by atoms with E-state index in [-0.39, 0.29) is 12.0 Å². The average Bonchev–Trinajstić information content (AvgIpc) is 3.09. The summed E-state index contributed by atoms with van der Waals surface area (Å²) in [5, 5.41) is 12.4. The van der Waals surface area contributed by atoms with Crippen molar-refractivity contribution in [3.63, 3.8) is 0 Å². The molecule has 1 saturated carbocycles. The van der Waals surface area contributed by atoms with Crippen LogP contribution >= 0.6 is 0 Å². The molecular formula is C26H33N3O4. The van der Waals surface area contributed by atoms with Crippen LogP contribution in [0.25, 0.3) is 11.0 Å². The molecule has 1 aliphatic rings. The van der Waals surface area contributed by atoms with Crippen LogP contribution in [0.2, 0.25) is 0 Å². The number of aromatic nitrogens is 2. The predicted octanol–water partition coefficient (Wildman–Crippen LogP) is 6.03. The van der Waals surface area contributed by atoms with Crippen molar-refractivity contribution in [2.24, 2.45) is 11.3 Å². The molecule has 0 amide bonds. The van der Waals surface area contributed by atoms with E-state index in [1.165, 1.54) is 6.42 Å². The Morgan fingerprint density at radius 2 is 1.88 bits per heavy atom. The van der Waals surface area contributed by atoms with Crippen LogP contribution in [0, 0.1) is 11.3 Å². The van der Waals surface area contributed by atoms with Crippen molar-refractivity contribution in [1.29, 1.82) is 0 Å². The molecule has 0 bridgehead atoms. The molecule has 7 heteroatoms. The number of fused-ring (bicyclic) bond motifs is 1. The number of hydrogen-bond acceptors (Lipinski definition) is 5. The minimum atomic E-state index is -1.00. The minimum Gasteiger partial charge on any atom is -0.494 e. The Bertz CT molecular complexity index is 1120. The van der Waals surface area contributed by atoms with E-state index in [0.29, 0.717) is 24.3 Å². The van der Waals surface area contributed by atoms with Crippen molar-refractivity contribution in [3.05, 3.63) is 42.5 Å². The summed E-state index contributed by atoms with van der Waals surface area (Å²) in [4.78, 5) is 15.8. The molecule has 1 unspecified atom stereocenters. The summed E-state index contributed by atoms with van der Waals surface area (Å²) in [7, 11) is 0. The Morgan fingerprint density at radius 1 is 1.15 bits per heavy atom. The zero-order chi connectivity index (χ0) is 23.6. The minimum absolute atomic E-state index is 0.250. The molecular weight excluding hydrogens is 418 g/mol. The Hall–Kier alpha value is -3.22. The van der Waals surface area contributed by atoms with E-state index in [2.05, 4.69) is 30.7 Å². The maximum Gasteiger partial charge on any atom is 0.341 e. The Morgan fingerprint density at radius 3 is 2.55 bits per heavy atom. The number of carbonyl (C=O) groups is 1. The summed E-state index contributed by atoms with van der Waals surface area (Å²) in [5.41, 5.74) is 2.98. The molecule has 0 radical (unpaired) electrons. The van der Waals surface area contributed by atoms with Crippen LogP contribution < -0.4 is 14.8 Å². The number of anilines is 2. The van der Waals surface area contributed by atoms with Crippen LogP contribution in [0.5, 0.6) is 11.5 Å². The van der Waals surface area contributed by atoms with Gasteiger partial charge in [-0.25, -0.2) is 9.78 Å². The van der Waals surface area contributed by atoms with Gasteiger partial charge in [0, 0.05) is 17.8 Å². The average molecular weight is 452 g/mol. The van der Waals surface area contributed by atoms with Gasteiger partial charge >= 0.3 is 5.97 Å². The second-order valence-electron chi connectivity index (χ2n) is 9.79. The Kier molecular flexibility index (Phi) is 6.49. The van der Waals surface area contributed by atoms with Crippen molar-refractivity contribution in [1.82, 2.24) is 9.55 Å². The highest BCUT2D eigenvalue weighted by Gasteiger charge is 2.34. The summed E-state index contributed by atoms with van der Waals surface area (Å²) < 4.78 is 13.3. The van der Waals surface area contributed by atoms with Gasteiger partial charge in [-0.05, 0) is 73.9 Å². The molecule has 0 aliphatic heterocycles. The molecule has 176 valence electrons. The number of ether oxygens (including phenoxy) is 2. The SMILES string of the molecule is CCOc1ccc(Nc2nc3cc(OCC(=O)O)ccc3n2C2C[C@H](C)CC(C)(C)C2)cc1. The van der Waals surface area contributed by atoms with E-state index in [9.17, 15) is 4.79 Å². The number of carboxylic acid groups (broad SMARTS) is 1. The van der Waals surface area contributed by atoms with Crippen molar-refractivity contribution >= 4 is 28.6 Å². The van der Waals surface area contributed by atoms with Crippen LogP contribution in [0.15, 0.2) is 42.5 Å². The van der Waals surface area contributed by atoms with E-state index in [1.54, 1.807) is 0 Å². The molecule has 33 heavy (non-hydrogen) atoms. The fraction of sp³-hybridized carbons (Fsp3) is 0.462. The molecule has 7 nitrogen and oxygen atoms in total. The molecule has 1 heterocycles. The fourth-order valence-electron chi connectivity index (χ4n) is 5.19. The first kappa shape index (κ1) is 23.0. The molecule has 0 saturated heterocycles. The number of hydrogen-bond donors (Lipinski definition) is 2. The molecule has 1 fully saturated rings. The van der Waals surface area contributed by atoms with E-state index < -0.39 is 5.97 Å². The second kappa shape index (κ2) is 9.33. The summed E-state index contributed by atoms with van der Waals surface area (Å²) >= 11 is 0. The molecule has 3 aromatic rings. The van der Waals surface area contributed by atoms with E-state index in [0.717, 1.165) is 41.3 Å². The highest BCUT2D eigenvalue weighted by molar-refractivity contribution is 5.81. The first-order chi connectivity index (χ1) is 15.7. The lowest BCUT2D eigenvalue weighted by molar-refractivity contribution is -0.139. The molecule has 0 spiro atoms. The van der Waals surface area contributed by atoms with E-state index in [1.807, 2.05) is 49.4 Å². The van der Waals surface area contributed by atoms with Gasteiger partial charge in [0.15, 0.2) is 6.61 Å². The number of nitrogens with one attached hydrogen (secondary N) is 1. The molecule has 2 atom stereocenters. The smallest absolute Gasteiger partial charge is 0.341 e. The van der Waals surface area contributed by atoms with Gasteiger partial charge in [-0.15, -0.1) is 0 Å². The quantitative estimate of drug-likeness (QED) is 0.435. The number of carboxylic acids is 1. The molecule has 1 aromatic heterocycles. The zero-order valence-electron chi connectivity index (χ0n) is 19.8. The predicted molar refractivity (Wildman–Crippen MR) is 130 cm³/mol. The summed E-state index contributed by atoms with van der Waals surface area (Å²) in [5.74, 6) is 1.73. The van der Waals surface area contributed by atoms with Gasteiger partial charge in [0.2, 0.25) is 5.95 Å². The largest absolute Gasteiger partial charge is 0.494 e. The lowest BCUT2D eigenvalue weighted by atomic mass is 9.70. The topological polar surface area (TPSA) is 85.6 Å². The highest BCUT2D eigenvalue weighted by Crippen LogP contribution is 2.46. The molecule has 1 aliphatic carbocycles. The van der Waals surface area contributed by atoms with Crippen LogP contribution in [-0.4, -0.2) is 33.8 Å². The van der Waals surface area contributed by atoms with Gasteiger partial charge < -0.3 is 24.5 Å². The zero-order valence-corrected chi connectivity index (χ0v) is 19.8. The molecule has 4 rings (SSSR count). The number of rotatable bonds is 8. The highest BCUT2D eigenvalue weighted by atomic mass is 16.5.